The van der Waals surface area contributed by atoms with Gasteiger partial charge in [-0.05, 0) is 32.9 Å². The molecular weight excluding hydrogens is 469 g/mol. The molecule has 0 aliphatic carbocycles. The zero-order valence-corrected chi connectivity index (χ0v) is 19.9. The molecule has 0 radical (unpaired) electrons. The Morgan fingerprint density at radius 3 is 2.50 bits per heavy atom. The second-order valence-electron chi connectivity index (χ2n) is 7.31. The van der Waals surface area contributed by atoms with Gasteiger partial charge in [0.1, 0.15) is 5.75 Å². The molecule has 0 unspecified atom stereocenters. The maximum absolute atomic E-state index is 12.0. The number of nitrogens with zero attached hydrogens (tertiary/aromatic N) is 3. The highest BCUT2D eigenvalue weighted by Crippen LogP contribution is 2.22. The number of hydrogen-bond donors (Lipinski definition) is 2. The summed E-state index contributed by atoms with van der Waals surface area (Å²) in [6.45, 7) is 10.7. The van der Waals surface area contributed by atoms with E-state index in [0.29, 0.717) is 6.54 Å². The largest absolute Gasteiger partial charge is 0.497 e. The molecular formula is C20H34IN5O2. The van der Waals surface area contributed by atoms with Crippen LogP contribution in [0.15, 0.2) is 29.3 Å². The van der Waals surface area contributed by atoms with E-state index in [1.165, 1.54) is 5.69 Å². The van der Waals surface area contributed by atoms with Crippen LogP contribution in [-0.4, -0.2) is 70.2 Å². The standard InChI is InChI=1S/C20H33N5O2.HI/c1-6-22-19(23-15-20(2,3)18(26)21-4)25-12-10-24(11-13-25)16-8-7-9-17(14-16)27-5;/h7-9,14H,6,10-13,15H2,1-5H3,(H,21,26)(H,22,23);1H. The maximum Gasteiger partial charge on any atom is 0.227 e. The van der Waals surface area contributed by atoms with Gasteiger partial charge in [0, 0.05) is 51.5 Å². The average Bonchev–Trinajstić information content (AvgIpc) is 2.70. The van der Waals surface area contributed by atoms with E-state index < -0.39 is 5.41 Å². The molecule has 158 valence electrons. The van der Waals surface area contributed by atoms with Gasteiger partial charge in [-0.1, -0.05) is 6.07 Å². The minimum Gasteiger partial charge on any atom is -0.497 e. The van der Waals surface area contributed by atoms with Crippen molar-refractivity contribution in [1.82, 2.24) is 15.5 Å². The fourth-order valence-corrected chi connectivity index (χ4v) is 3.09. The first-order chi connectivity index (χ1) is 12.9. The lowest BCUT2D eigenvalue weighted by Crippen LogP contribution is -2.53. The molecule has 0 spiro atoms. The first-order valence-corrected chi connectivity index (χ1v) is 9.55. The Morgan fingerprint density at radius 1 is 1.25 bits per heavy atom. The molecule has 1 heterocycles. The van der Waals surface area contributed by atoms with Crippen molar-refractivity contribution in [3.8, 4) is 5.75 Å². The molecule has 1 aliphatic heterocycles. The van der Waals surface area contributed by atoms with Crippen molar-refractivity contribution in [2.45, 2.75) is 20.8 Å². The van der Waals surface area contributed by atoms with E-state index in [4.69, 9.17) is 9.73 Å². The summed E-state index contributed by atoms with van der Waals surface area (Å²) >= 11 is 0. The molecule has 8 heteroatoms. The van der Waals surface area contributed by atoms with Gasteiger partial charge in [-0.2, -0.15) is 0 Å². The van der Waals surface area contributed by atoms with Crippen LogP contribution < -0.4 is 20.3 Å². The third-order valence-electron chi connectivity index (χ3n) is 4.80. The van der Waals surface area contributed by atoms with Crippen LogP contribution >= 0.6 is 24.0 Å². The maximum atomic E-state index is 12.0. The lowest BCUT2D eigenvalue weighted by atomic mass is 9.93. The van der Waals surface area contributed by atoms with Gasteiger partial charge >= 0.3 is 0 Å². The third kappa shape index (κ3) is 6.42. The van der Waals surface area contributed by atoms with Gasteiger partial charge in [-0.25, -0.2) is 0 Å². The highest BCUT2D eigenvalue weighted by atomic mass is 127. The van der Waals surface area contributed by atoms with E-state index in [1.807, 2.05) is 26.0 Å². The second-order valence-corrected chi connectivity index (χ2v) is 7.31. The van der Waals surface area contributed by atoms with Crippen molar-refractivity contribution in [1.29, 1.82) is 0 Å². The zero-order valence-electron chi connectivity index (χ0n) is 17.6. The van der Waals surface area contributed by atoms with E-state index in [-0.39, 0.29) is 29.9 Å². The lowest BCUT2D eigenvalue weighted by Gasteiger charge is -2.38. The van der Waals surface area contributed by atoms with Gasteiger partial charge in [0.05, 0.1) is 19.1 Å². The van der Waals surface area contributed by atoms with Gasteiger partial charge in [0.15, 0.2) is 5.96 Å². The van der Waals surface area contributed by atoms with Crippen molar-refractivity contribution >= 4 is 41.5 Å². The Balaban J connectivity index is 0.00000392. The van der Waals surface area contributed by atoms with Gasteiger partial charge in [0.25, 0.3) is 0 Å². The van der Waals surface area contributed by atoms with Gasteiger partial charge in [0.2, 0.25) is 5.91 Å². The highest BCUT2D eigenvalue weighted by molar-refractivity contribution is 14.0. The van der Waals surface area contributed by atoms with Crippen molar-refractivity contribution in [3.05, 3.63) is 24.3 Å². The van der Waals surface area contributed by atoms with Gasteiger partial charge < -0.3 is 25.2 Å². The van der Waals surface area contributed by atoms with Gasteiger partial charge in [-0.15, -0.1) is 24.0 Å². The number of piperazine rings is 1. The van der Waals surface area contributed by atoms with Crippen molar-refractivity contribution in [2.75, 3.05) is 58.3 Å². The summed E-state index contributed by atoms with van der Waals surface area (Å²) in [5.74, 6) is 1.76. The van der Waals surface area contributed by atoms with Crippen LogP contribution in [0.4, 0.5) is 5.69 Å². The quantitative estimate of drug-likeness (QED) is 0.354. The monoisotopic (exact) mass is 503 g/mol. The molecule has 1 saturated heterocycles. The summed E-state index contributed by atoms with van der Waals surface area (Å²) in [5.41, 5.74) is 0.648. The Hall–Kier alpha value is -1.71. The number of ether oxygens (including phenoxy) is 1. The average molecular weight is 503 g/mol. The van der Waals surface area contributed by atoms with E-state index in [2.05, 4.69) is 39.5 Å². The molecule has 1 aliphatic rings. The summed E-state index contributed by atoms with van der Waals surface area (Å²) < 4.78 is 5.33. The Bertz CT molecular complexity index is 658. The van der Waals surface area contributed by atoms with Crippen molar-refractivity contribution < 1.29 is 9.53 Å². The SMILES string of the molecule is CCNC(=NCC(C)(C)C(=O)NC)N1CCN(c2cccc(OC)c2)CC1.I. The normalized spacial score (nSPS) is 15.0. The van der Waals surface area contributed by atoms with Crippen LogP contribution in [0, 0.1) is 5.41 Å². The molecule has 1 aromatic rings. The number of amides is 1. The van der Waals surface area contributed by atoms with E-state index in [0.717, 1.165) is 44.4 Å². The molecule has 1 fully saturated rings. The predicted molar refractivity (Wildman–Crippen MR) is 126 cm³/mol. The third-order valence-corrected chi connectivity index (χ3v) is 4.80. The number of guanidine groups is 1. The molecule has 0 aromatic heterocycles. The minimum absolute atomic E-state index is 0. The first-order valence-electron chi connectivity index (χ1n) is 9.55. The summed E-state index contributed by atoms with van der Waals surface area (Å²) in [6, 6.07) is 8.17. The molecule has 1 amide bonds. The number of hydrogen-bond acceptors (Lipinski definition) is 4. The number of benzene rings is 1. The number of nitrogens with one attached hydrogen (secondary N) is 2. The van der Waals surface area contributed by atoms with Crippen LogP contribution in [0.25, 0.3) is 0 Å². The van der Waals surface area contributed by atoms with E-state index >= 15 is 0 Å². The van der Waals surface area contributed by atoms with E-state index in [9.17, 15) is 4.79 Å². The molecule has 0 atom stereocenters. The molecule has 28 heavy (non-hydrogen) atoms. The number of anilines is 1. The minimum atomic E-state index is -0.530. The fraction of sp³-hybridized carbons (Fsp3) is 0.600. The number of methoxy groups -OCH3 is 1. The number of carbonyl (C=O) groups is 1. The molecule has 2 rings (SSSR count). The highest BCUT2D eigenvalue weighted by Gasteiger charge is 2.27. The fourth-order valence-electron chi connectivity index (χ4n) is 3.09. The predicted octanol–water partition coefficient (Wildman–Crippen LogP) is 2.17. The Kier molecular flexibility index (Phi) is 9.84. The molecule has 2 N–H and O–H groups in total. The molecule has 1 aromatic carbocycles. The van der Waals surface area contributed by atoms with Crippen molar-refractivity contribution in [2.24, 2.45) is 10.4 Å². The summed E-state index contributed by atoms with van der Waals surface area (Å²) in [4.78, 5) is 21.4. The zero-order chi connectivity index (χ0) is 19.9. The first kappa shape index (κ1) is 24.3. The van der Waals surface area contributed by atoms with Crippen LogP contribution in [0.2, 0.25) is 0 Å². The number of halogens is 1. The van der Waals surface area contributed by atoms with Crippen LogP contribution in [0.3, 0.4) is 0 Å². The second kappa shape index (κ2) is 11.3. The Morgan fingerprint density at radius 2 is 1.93 bits per heavy atom. The summed E-state index contributed by atoms with van der Waals surface area (Å²) in [7, 11) is 3.35. The molecule has 0 bridgehead atoms. The van der Waals surface area contributed by atoms with Crippen LogP contribution in [0.5, 0.6) is 5.75 Å². The molecule has 0 saturated carbocycles. The number of aliphatic imine (C=N–C) groups is 1. The molecule has 7 nitrogen and oxygen atoms in total. The number of carbonyl (C=O) groups excluding carboxylic acids is 1. The Labute approximate surface area is 185 Å². The topological polar surface area (TPSA) is 69.2 Å². The summed E-state index contributed by atoms with van der Waals surface area (Å²) in [6.07, 6.45) is 0. The number of rotatable bonds is 6. The van der Waals surface area contributed by atoms with E-state index in [1.54, 1.807) is 14.2 Å². The van der Waals surface area contributed by atoms with Crippen LogP contribution in [0.1, 0.15) is 20.8 Å². The van der Waals surface area contributed by atoms with Crippen molar-refractivity contribution in [3.63, 3.8) is 0 Å². The summed E-state index contributed by atoms with van der Waals surface area (Å²) in [5, 5.41) is 6.08. The van der Waals surface area contributed by atoms with Gasteiger partial charge in [-0.3, -0.25) is 9.79 Å². The lowest BCUT2D eigenvalue weighted by molar-refractivity contribution is -0.128. The van der Waals surface area contributed by atoms with Crippen LogP contribution in [-0.2, 0) is 4.79 Å². The smallest absolute Gasteiger partial charge is 0.227 e.